The van der Waals surface area contributed by atoms with Crippen molar-refractivity contribution < 1.29 is 17.9 Å². The topological polar surface area (TPSA) is 89.0 Å². The van der Waals surface area contributed by atoms with E-state index in [2.05, 4.69) is 15.6 Å². The van der Waals surface area contributed by atoms with Gasteiger partial charge in [0.15, 0.2) is 5.96 Å². The highest BCUT2D eigenvalue weighted by atomic mass is 32.2. The zero-order valence-corrected chi connectivity index (χ0v) is 18.8. The van der Waals surface area contributed by atoms with Crippen LogP contribution in [0.1, 0.15) is 51.5 Å². The second-order valence-electron chi connectivity index (χ2n) is 7.66. The van der Waals surface area contributed by atoms with E-state index in [-0.39, 0.29) is 17.9 Å². The maximum atomic E-state index is 11.4. The lowest BCUT2D eigenvalue weighted by atomic mass is 10.2. The summed E-state index contributed by atoms with van der Waals surface area (Å²) in [6.45, 7) is 5.14. The van der Waals surface area contributed by atoms with Crippen LogP contribution in [0.25, 0.3) is 0 Å². The highest BCUT2D eigenvalue weighted by Gasteiger charge is 2.18. The molecular weight excluding hydrogens is 390 g/mol. The molecule has 1 aliphatic rings. The van der Waals surface area contributed by atoms with E-state index in [4.69, 9.17) is 9.47 Å². The predicted molar refractivity (Wildman–Crippen MR) is 118 cm³/mol. The maximum absolute atomic E-state index is 11.4. The lowest BCUT2D eigenvalue weighted by Crippen LogP contribution is -2.42. The van der Waals surface area contributed by atoms with Crippen molar-refractivity contribution in [3.63, 3.8) is 0 Å². The van der Waals surface area contributed by atoms with E-state index in [1.807, 2.05) is 32.0 Å². The Balaban J connectivity index is 2.08. The molecule has 0 spiro atoms. The summed E-state index contributed by atoms with van der Waals surface area (Å²) in [5.74, 6) is 2.40. The molecule has 0 bridgehead atoms. The van der Waals surface area contributed by atoms with Gasteiger partial charge in [0.25, 0.3) is 0 Å². The number of aliphatic imine (C=N–C) groups is 1. The fourth-order valence-corrected chi connectivity index (χ4v) is 4.05. The first-order valence-corrected chi connectivity index (χ1v) is 12.4. The lowest BCUT2D eigenvalue weighted by Gasteiger charge is -2.19. The summed E-state index contributed by atoms with van der Waals surface area (Å²) in [4.78, 5) is 4.68. The first kappa shape index (κ1) is 23.3. The highest BCUT2D eigenvalue weighted by molar-refractivity contribution is 7.90. The fourth-order valence-electron chi connectivity index (χ4n) is 3.27. The number of hydrogen-bond acceptors (Lipinski definition) is 5. The monoisotopic (exact) mass is 425 g/mol. The van der Waals surface area contributed by atoms with Crippen molar-refractivity contribution in [2.75, 3.05) is 25.7 Å². The third-order valence-electron chi connectivity index (χ3n) is 4.93. The molecule has 0 aliphatic heterocycles. The summed E-state index contributed by atoms with van der Waals surface area (Å²) < 4.78 is 34.4. The summed E-state index contributed by atoms with van der Waals surface area (Å²) in [5.41, 5.74) is 0.999. The summed E-state index contributed by atoms with van der Waals surface area (Å²) in [5, 5.41) is 6.50. The lowest BCUT2D eigenvalue weighted by molar-refractivity contribution is 0.207. The van der Waals surface area contributed by atoms with Crippen molar-refractivity contribution in [1.29, 1.82) is 0 Å². The largest absolute Gasteiger partial charge is 0.497 e. The van der Waals surface area contributed by atoms with Crippen molar-refractivity contribution >= 4 is 15.8 Å². The SMILES string of the molecule is CCNC(=NCc1ccc(OC)cc1OC1CCCC1)NC(C)CCS(C)(=O)=O. The minimum Gasteiger partial charge on any atom is -0.497 e. The Morgan fingerprint density at radius 3 is 2.66 bits per heavy atom. The summed E-state index contributed by atoms with van der Waals surface area (Å²) in [6, 6.07) is 5.83. The molecule has 1 atom stereocenters. The molecular formula is C21H35N3O4S. The van der Waals surface area contributed by atoms with Crippen molar-refractivity contribution in [3.05, 3.63) is 23.8 Å². The standard InChI is InChI=1S/C21H35N3O4S/c1-5-22-21(24-16(2)12-13-29(4,25)26)23-15-17-10-11-19(27-3)14-20(17)28-18-8-6-7-9-18/h10-11,14,16,18H,5-9,12-13,15H2,1-4H3,(H2,22,23,24). The quantitative estimate of drug-likeness (QED) is 0.443. The van der Waals surface area contributed by atoms with Crippen LogP contribution in [-0.4, -0.2) is 52.2 Å². The van der Waals surface area contributed by atoms with E-state index in [1.165, 1.54) is 19.1 Å². The van der Waals surface area contributed by atoms with Gasteiger partial charge in [0.05, 0.1) is 25.5 Å². The van der Waals surface area contributed by atoms with Gasteiger partial charge in [-0.2, -0.15) is 0 Å². The number of nitrogens with zero attached hydrogens (tertiary/aromatic N) is 1. The normalized spacial score (nSPS) is 16.5. The predicted octanol–water partition coefficient (Wildman–Crippen LogP) is 2.89. The molecule has 1 fully saturated rings. The highest BCUT2D eigenvalue weighted by Crippen LogP contribution is 2.30. The molecule has 2 rings (SSSR count). The second kappa shape index (κ2) is 11.3. The summed E-state index contributed by atoms with van der Waals surface area (Å²) >= 11 is 0. The number of nitrogens with one attached hydrogen (secondary N) is 2. The van der Waals surface area contributed by atoms with Gasteiger partial charge in [-0.05, 0) is 58.1 Å². The molecule has 29 heavy (non-hydrogen) atoms. The van der Waals surface area contributed by atoms with Crippen molar-refractivity contribution in [3.8, 4) is 11.5 Å². The van der Waals surface area contributed by atoms with E-state index in [0.29, 0.717) is 18.9 Å². The molecule has 8 heteroatoms. The van der Waals surface area contributed by atoms with Crippen LogP contribution in [-0.2, 0) is 16.4 Å². The minimum absolute atomic E-state index is 0.00685. The van der Waals surface area contributed by atoms with Gasteiger partial charge in [0, 0.05) is 30.5 Å². The van der Waals surface area contributed by atoms with Crippen molar-refractivity contribution in [2.24, 2.45) is 4.99 Å². The molecule has 0 heterocycles. The average Bonchev–Trinajstić information content (AvgIpc) is 3.18. The Bertz CT molecular complexity index is 774. The molecule has 1 aromatic carbocycles. The molecule has 0 saturated heterocycles. The zero-order valence-electron chi connectivity index (χ0n) is 18.0. The fraction of sp³-hybridized carbons (Fsp3) is 0.667. The van der Waals surface area contributed by atoms with Crippen LogP contribution in [0.15, 0.2) is 23.2 Å². The van der Waals surface area contributed by atoms with Crippen LogP contribution in [0.2, 0.25) is 0 Å². The van der Waals surface area contributed by atoms with Crippen LogP contribution in [0.5, 0.6) is 11.5 Å². The zero-order chi connectivity index (χ0) is 21.3. The third kappa shape index (κ3) is 8.51. The van der Waals surface area contributed by atoms with Crippen LogP contribution < -0.4 is 20.1 Å². The van der Waals surface area contributed by atoms with Gasteiger partial charge in [-0.25, -0.2) is 13.4 Å². The van der Waals surface area contributed by atoms with Crippen LogP contribution in [0, 0.1) is 0 Å². The Morgan fingerprint density at radius 2 is 2.03 bits per heavy atom. The van der Waals surface area contributed by atoms with Crippen LogP contribution in [0.3, 0.4) is 0 Å². The Hall–Kier alpha value is -1.96. The van der Waals surface area contributed by atoms with E-state index in [1.54, 1.807) is 7.11 Å². The molecule has 0 radical (unpaired) electrons. The molecule has 0 aromatic heterocycles. The molecule has 1 unspecified atom stereocenters. The Morgan fingerprint density at radius 1 is 1.31 bits per heavy atom. The van der Waals surface area contributed by atoms with Gasteiger partial charge in [0.1, 0.15) is 21.3 Å². The van der Waals surface area contributed by atoms with E-state index in [0.717, 1.165) is 36.4 Å². The Kier molecular flexibility index (Phi) is 9.07. The number of guanidine groups is 1. The maximum Gasteiger partial charge on any atom is 0.191 e. The third-order valence-corrected chi connectivity index (χ3v) is 5.90. The van der Waals surface area contributed by atoms with Crippen LogP contribution in [0.4, 0.5) is 0 Å². The van der Waals surface area contributed by atoms with Gasteiger partial charge >= 0.3 is 0 Å². The Labute approximate surface area is 175 Å². The molecule has 164 valence electrons. The van der Waals surface area contributed by atoms with Crippen LogP contribution >= 0.6 is 0 Å². The number of benzene rings is 1. The van der Waals surface area contributed by atoms with E-state index in [9.17, 15) is 8.42 Å². The van der Waals surface area contributed by atoms with Gasteiger partial charge in [-0.3, -0.25) is 0 Å². The average molecular weight is 426 g/mol. The van der Waals surface area contributed by atoms with Gasteiger partial charge in [-0.1, -0.05) is 0 Å². The summed E-state index contributed by atoms with van der Waals surface area (Å²) in [6.07, 6.45) is 6.64. The van der Waals surface area contributed by atoms with E-state index >= 15 is 0 Å². The number of hydrogen-bond donors (Lipinski definition) is 2. The van der Waals surface area contributed by atoms with Gasteiger partial charge in [-0.15, -0.1) is 0 Å². The number of methoxy groups -OCH3 is 1. The summed E-state index contributed by atoms with van der Waals surface area (Å²) in [7, 11) is -1.32. The van der Waals surface area contributed by atoms with Crippen molar-refractivity contribution in [1.82, 2.24) is 10.6 Å². The van der Waals surface area contributed by atoms with Gasteiger partial charge < -0.3 is 20.1 Å². The van der Waals surface area contributed by atoms with Gasteiger partial charge in [0.2, 0.25) is 0 Å². The molecule has 1 aliphatic carbocycles. The molecule has 0 amide bonds. The molecule has 1 aromatic rings. The first-order valence-electron chi connectivity index (χ1n) is 10.4. The number of ether oxygens (including phenoxy) is 2. The minimum atomic E-state index is -2.98. The number of sulfone groups is 1. The number of rotatable bonds is 10. The molecule has 2 N–H and O–H groups in total. The second-order valence-corrected chi connectivity index (χ2v) is 9.92. The van der Waals surface area contributed by atoms with Crippen molar-refractivity contribution in [2.45, 2.75) is 64.6 Å². The van der Waals surface area contributed by atoms with E-state index < -0.39 is 9.84 Å². The smallest absolute Gasteiger partial charge is 0.191 e. The first-order chi connectivity index (χ1) is 13.8. The molecule has 7 nitrogen and oxygen atoms in total. The molecule has 1 saturated carbocycles.